The summed E-state index contributed by atoms with van der Waals surface area (Å²) in [5.41, 5.74) is 1.37. The summed E-state index contributed by atoms with van der Waals surface area (Å²) in [4.78, 5) is 13.0. The summed E-state index contributed by atoms with van der Waals surface area (Å²) in [5.74, 6) is 1.19. The average Bonchev–Trinajstić information content (AvgIpc) is 2.79. The minimum absolute atomic E-state index is 0.0826. The minimum atomic E-state index is -3.71. The van der Waals surface area contributed by atoms with Crippen LogP contribution in [0.3, 0.4) is 0 Å². The Bertz CT molecular complexity index is 957. The Balaban J connectivity index is 1.71. The molecule has 0 saturated carbocycles. The van der Waals surface area contributed by atoms with Crippen LogP contribution in [0.5, 0.6) is 5.75 Å². The standard InChI is InChI=1S/C20H24N2O4S2/c1-13(2)26-16-6-4-15(5-7-16)11-21-28(24,25)17-8-9-19-18(10-17)22-20(23)14(3)12-27-19/h4-10,13-14,21H,11-12H2,1-3H3,(H,22,23)/t14-/m0/s1. The highest BCUT2D eigenvalue weighted by atomic mass is 32.2. The Hall–Kier alpha value is -2.03. The number of carbonyl (C=O) groups is 1. The van der Waals surface area contributed by atoms with Crippen molar-refractivity contribution in [3.63, 3.8) is 0 Å². The van der Waals surface area contributed by atoms with Crippen LogP contribution in [-0.4, -0.2) is 26.2 Å². The lowest BCUT2D eigenvalue weighted by Gasteiger charge is -2.12. The molecule has 1 aliphatic heterocycles. The Kier molecular flexibility index (Phi) is 6.32. The molecule has 0 saturated heterocycles. The molecule has 0 spiro atoms. The molecule has 2 aromatic rings. The molecule has 0 aliphatic carbocycles. The first kappa shape index (κ1) is 20.7. The fraction of sp³-hybridized carbons (Fsp3) is 0.350. The third-order valence-corrected chi connectivity index (χ3v) is 6.95. The predicted molar refractivity (Wildman–Crippen MR) is 111 cm³/mol. The second-order valence-electron chi connectivity index (χ2n) is 6.99. The molecule has 0 bridgehead atoms. The van der Waals surface area contributed by atoms with Crippen molar-refractivity contribution in [2.75, 3.05) is 11.1 Å². The average molecular weight is 421 g/mol. The number of fused-ring (bicyclic) bond motifs is 1. The Morgan fingerprint density at radius 3 is 2.61 bits per heavy atom. The normalized spacial score (nSPS) is 17.0. The zero-order valence-corrected chi connectivity index (χ0v) is 17.7. The van der Waals surface area contributed by atoms with Gasteiger partial charge in [-0.15, -0.1) is 11.8 Å². The highest BCUT2D eigenvalue weighted by Crippen LogP contribution is 2.34. The van der Waals surface area contributed by atoms with E-state index in [1.807, 2.05) is 45.0 Å². The summed E-state index contributed by atoms with van der Waals surface area (Å²) in [6.45, 7) is 5.92. The lowest BCUT2D eigenvalue weighted by atomic mass is 10.2. The van der Waals surface area contributed by atoms with Gasteiger partial charge in [0.05, 0.1) is 16.7 Å². The molecule has 1 atom stereocenters. The van der Waals surface area contributed by atoms with Crippen LogP contribution in [0, 0.1) is 5.92 Å². The Labute approximate surface area is 170 Å². The SMILES string of the molecule is CC(C)Oc1ccc(CNS(=O)(=O)c2ccc3c(c2)NC(=O)[C@@H](C)CS3)cc1. The number of thioether (sulfide) groups is 1. The summed E-state index contributed by atoms with van der Waals surface area (Å²) >= 11 is 1.55. The van der Waals surface area contributed by atoms with E-state index >= 15 is 0 Å². The second-order valence-corrected chi connectivity index (χ2v) is 9.82. The van der Waals surface area contributed by atoms with Crippen molar-refractivity contribution < 1.29 is 17.9 Å². The van der Waals surface area contributed by atoms with Gasteiger partial charge >= 0.3 is 0 Å². The van der Waals surface area contributed by atoms with Crippen molar-refractivity contribution in [1.82, 2.24) is 4.72 Å². The van der Waals surface area contributed by atoms with Crippen LogP contribution in [-0.2, 0) is 21.4 Å². The molecule has 6 nitrogen and oxygen atoms in total. The third-order valence-electron chi connectivity index (χ3n) is 4.22. The fourth-order valence-electron chi connectivity index (χ4n) is 2.67. The maximum atomic E-state index is 12.7. The number of sulfonamides is 1. The number of nitrogens with one attached hydrogen (secondary N) is 2. The number of ether oxygens (including phenoxy) is 1. The molecule has 1 heterocycles. The number of hydrogen-bond donors (Lipinski definition) is 2. The molecule has 2 aromatic carbocycles. The number of benzene rings is 2. The van der Waals surface area contributed by atoms with E-state index in [4.69, 9.17) is 4.74 Å². The van der Waals surface area contributed by atoms with Gasteiger partial charge in [0.15, 0.2) is 0 Å². The smallest absolute Gasteiger partial charge is 0.240 e. The molecule has 2 N–H and O–H groups in total. The molecule has 150 valence electrons. The van der Waals surface area contributed by atoms with Crippen molar-refractivity contribution in [1.29, 1.82) is 0 Å². The first-order valence-corrected chi connectivity index (χ1v) is 11.5. The maximum Gasteiger partial charge on any atom is 0.240 e. The van der Waals surface area contributed by atoms with Gasteiger partial charge in [-0.3, -0.25) is 4.79 Å². The molecular formula is C20H24N2O4S2. The van der Waals surface area contributed by atoms with Gasteiger partial charge in [-0.05, 0) is 49.7 Å². The first-order valence-electron chi connectivity index (χ1n) is 9.07. The van der Waals surface area contributed by atoms with Gasteiger partial charge in [-0.25, -0.2) is 13.1 Å². The highest BCUT2D eigenvalue weighted by Gasteiger charge is 2.22. The van der Waals surface area contributed by atoms with Crippen LogP contribution in [0.2, 0.25) is 0 Å². The third kappa shape index (κ3) is 5.06. The van der Waals surface area contributed by atoms with E-state index in [1.54, 1.807) is 23.9 Å². The maximum absolute atomic E-state index is 12.7. The van der Waals surface area contributed by atoms with Gasteiger partial charge < -0.3 is 10.1 Å². The van der Waals surface area contributed by atoms with E-state index in [0.717, 1.165) is 16.2 Å². The van der Waals surface area contributed by atoms with Crippen LogP contribution in [0.25, 0.3) is 0 Å². The molecule has 0 unspecified atom stereocenters. The molecule has 1 aliphatic rings. The number of carbonyl (C=O) groups excluding carboxylic acids is 1. The van der Waals surface area contributed by atoms with Crippen molar-refractivity contribution in [2.24, 2.45) is 5.92 Å². The fourth-order valence-corrected chi connectivity index (χ4v) is 4.72. The van der Waals surface area contributed by atoms with Gasteiger partial charge in [-0.2, -0.15) is 0 Å². The zero-order valence-electron chi connectivity index (χ0n) is 16.1. The van der Waals surface area contributed by atoms with E-state index in [0.29, 0.717) is 11.4 Å². The van der Waals surface area contributed by atoms with Gasteiger partial charge in [0.1, 0.15) is 5.75 Å². The van der Waals surface area contributed by atoms with Crippen LogP contribution >= 0.6 is 11.8 Å². The Morgan fingerprint density at radius 2 is 1.93 bits per heavy atom. The van der Waals surface area contributed by atoms with Crippen LogP contribution in [0.15, 0.2) is 52.3 Å². The lowest BCUT2D eigenvalue weighted by Crippen LogP contribution is -2.24. The summed E-state index contributed by atoms with van der Waals surface area (Å²) < 4.78 is 33.6. The molecular weight excluding hydrogens is 396 g/mol. The van der Waals surface area contributed by atoms with Gasteiger partial charge in [-0.1, -0.05) is 19.1 Å². The second kappa shape index (κ2) is 8.55. The van der Waals surface area contributed by atoms with E-state index in [1.165, 1.54) is 6.07 Å². The monoisotopic (exact) mass is 420 g/mol. The number of amides is 1. The van der Waals surface area contributed by atoms with E-state index in [2.05, 4.69) is 10.0 Å². The predicted octanol–water partition coefficient (Wildman–Crippen LogP) is 3.63. The molecule has 3 rings (SSSR count). The largest absolute Gasteiger partial charge is 0.491 e. The summed E-state index contributed by atoms with van der Waals surface area (Å²) in [5, 5.41) is 2.81. The Morgan fingerprint density at radius 1 is 1.21 bits per heavy atom. The first-order chi connectivity index (χ1) is 13.2. The van der Waals surface area contributed by atoms with E-state index < -0.39 is 10.0 Å². The van der Waals surface area contributed by atoms with Crippen LogP contribution < -0.4 is 14.8 Å². The summed E-state index contributed by atoms with van der Waals surface area (Å²) in [6.07, 6.45) is 0.0826. The molecule has 0 aromatic heterocycles. The van der Waals surface area contributed by atoms with Gasteiger partial charge in [0, 0.05) is 23.1 Å². The van der Waals surface area contributed by atoms with Gasteiger partial charge in [0.2, 0.25) is 15.9 Å². The van der Waals surface area contributed by atoms with Crippen molar-refractivity contribution >= 4 is 33.4 Å². The molecule has 28 heavy (non-hydrogen) atoms. The molecule has 1 amide bonds. The molecule has 0 radical (unpaired) electrons. The summed E-state index contributed by atoms with van der Waals surface area (Å²) in [6, 6.07) is 12.1. The van der Waals surface area contributed by atoms with Crippen molar-refractivity contribution in [3.8, 4) is 5.75 Å². The molecule has 8 heteroatoms. The van der Waals surface area contributed by atoms with Gasteiger partial charge in [0.25, 0.3) is 0 Å². The number of hydrogen-bond acceptors (Lipinski definition) is 5. The molecule has 0 fully saturated rings. The summed E-state index contributed by atoms with van der Waals surface area (Å²) in [7, 11) is -3.71. The number of anilines is 1. The van der Waals surface area contributed by atoms with Crippen molar-refractivity contribution in [2.45, 2.75) is 43.2 Å². The van der Waals surface area contributed by atoms with Crippen LogP contribution in [0.1, 0.15) is 26.3 Å². The highest BCUT2D eigenvalue weighted by molar-refractivity contribution is 7.99. The zero-order chi connectivity index (χ0) is 20.3. The van der Waals surface area contributed by atoms with E-state index in [9.17, 15) is 13.2 Å². The quantitative estimate of drug-likeness (QED) is 0.745. The van der Waals surface area contributed by atoms with Crippen LogP contribution in [0.4, 0.5) is 5.69 Å². The lowest BCUT2D eigenvalue weighted by molar-refractivity contribution is -0.118. The topological polar surface area (TPSA) is 84.5 Å². The minimum Gasteiger partial charge on any atom is -0.491 e. The van der Waals surface area contributed by atoms with E-state index in [-0.39, 0.29) is 29.4 Å². The van der Waals surface area contributed by atoms with Crippen molar-refractivity contribution in [3.05, 3.63) is 48.0 Å². The number of rotatable bonds is 6.